The van der Waals surface area contributed by atoms with Crippen molar-refractivity contribution >= 4 is 5.78 Å². The fourth-order valence-corrected chi connectivity index (χ4v) is 3.23. The topological polar surface area (TPSA) is 29.5 Å². The van der Waals surface area contributed by atoms with Gasteiger partial charge in [0.05, 0.1) is 17.5 Å². The van der Waals surface area contributed by atoms with Gasteiger partial charge in [0.2, 0.25) is 0 Å². The Morgan fingerprint density at radius 2 is 1.95 bits per heavy atom. The Hall–Kier alpha value is -1.56. The number of halogens is 3. The summed E-state index contributed by atoms with van der Waals surface area (Å²) in [6.07, 6.45) is -2.84. The van der Waals surface area contributed by atoms with Crippen molar-refractivity contribution in [1.29, 1.82) is 0 Å². The lowest BCUT2D eigenvalue weighted by molar-refractivity contribution is -0.137. The van der Waals surface area contributed by atoms with Crippen molar-refractivity contribution in [3.05, 3.63) is 29.3 Å². The molecule has 0 saturated carbocycles. The van der Waals surface area contributed by atoms with E-state index in [9.17, 15) is 18.0 Å². The van der Waals surface area contributed by atoms with E-state index in [4.69, 9.17) is 4.74 Å². The number of Topliss-reactive ketones (excluding diaryl/α,β-unsaturated/α-hetero) is 1. The number of piperidine rings is 1. The fraction of sp³-hybridized carbons (Fsp3) is 0.562. The van der Waals surface area contributed by atoms with Crippen LogP contribution in [-0.4, -0.2) is 35.9 Å². The van der Waals surface area contributed by atoms with E-state index in [-0.39, 0.29) is 23.5 Å². The maximum Gasteiger partial charge on any atom is 0.416 e. The van der Waals surface area contributed by atoms with Crippen LogP contribution in [0.3, 0.4) is 0 Å². The average Bonchev–Trinajstić information content (AvgIpc) is 2.46. The van der Waals surface area contributed by atoms with Crippen LogP contribution >= 0.6 is 0 Å². The van der Waals surface area contributed by atoms with Crippen molar-refractivity contribution in [2.24, 2.45) is 0 Å². The smallest absolute Gasteiger partial charge is 0.416 e. The molecule has 120 valence electrons. The summed E-state index contributed by atoms with van der Waals surface area (Å²) in [7, 11) is 0. The minimum absolute atomic E-state index is 0.0797. The molecular weight excluding hydrogens is 295 g/mol. The van der Waals surface area contributed by atoms with Crippen LogP contribution in [0.25, 0.3) is 0 Å². The Labute approximate surface area is 127 Å². The number of hydrogen-bond acceptors (Lipinski definition) is 3. The molecule has 22 heavy (non-hydrogen) atoms. The van der Waals surface area contributed by atoms with Crippen LogP contribution in [0.15, 0.2) is 18.2 Å². The van der Waals surface area contributed by atoms with E-state index >= 15 is 0 Å². The van der Waals surface area contributed by atoms with Crippen LogP contribution in [0.1, 0.15) is 42.1 Å². The molecule has 2 heterocycles. The molecule has 0 N–H and O–H groups in total. The number of alkyl halides is 3. The van der Waals surface area contributed by atoms with Crippen LogP contribution in [0, 0.1) is 0 Å². The highest BCUT2D eigenvalue weighted by Crippen LogP contribution is 2.41. The normalized spacial score (nSPS) is 21.5. The minimum atomic E-state index is -4.43. The highest BCUT2D eigenvalue weighted by molar-refractivity contribution is 6.00. The first kappa shape index (κ1) is 15.3. The molecule has 3 nitrogen and oxygen atoms in total. The standard InChI is InChI=1S/C16H18F3NO2/c1-2-20-7-5-15(6-8-20)10-13(21)12-4-3-11(16(17,18)19)9-14(12)22-15/h3-4,9H,2,5-8,10H2,1H3. The van der Waals surface area contributed by atoms with Gasteiger partial charge in [-0.05, 0) is 24.7 Å². The molecule has 0 aromatic heterocycles. The second kappa shape index (κ2) is 5.26. The van der Waals surface area contributed by atoms with Gasteiger partial charge in [-0.15, -0.1) is 0 Å². The molecule has 2 aliphatic rings. The highest BCUT2D eigenvalue weighted by atomic mass is 19.4. The van der Waals surface area contributed by atoms with Crippen molar-refractivity contribution in [1.82, 2.24) is 4.90 Å². The Kier molecular flexibility index (Phi) is 3.67. The zero-order chi connectivity index (χ0) is 16.0. The number of carbonyl (C=O) groups is 1. The van der Waals surface area contributed by atoms with Crippen molar-refractivity contribution in [2.45, 2.75) is 38.0 Å². The number of nitrogens with zero attached hydrogens (tertiary/aromatic N) is 1. The van der Waals surface area contributed by atoms with Crippen molar-refractivity contribution in [2.75, 3.05) is 19.6 Å². The molecule has 0 amide bonds. The highest BCUT2D eigenvalue weighted by Gasteiger charge is 2.43. The van der Waals surface area contributed by atoms with Gasteiger partial charge < -0.3 is 9.64 Å². The summed E-state index contributed by atoms with van der Waals surface area (Å²) in [5, 5.41) is 0. The third-order valence-corrected chi connectivity index (χ3v) is 4.63. The number of benzene rings is 1. The molecule has 1 saturated heterocycles. The third-order valence-electron chi connectivity index (χ3n) is 4.63. The quantitative estimate of drug-likeness (QED) is 0.794. The maximum absolute atomic E-state index is 12.8. The SMILES string of the molecule is CCN1CCC2(CC1)CC(=O)c1ccc(C(F)(F)F)cc1O2. The number of carbonyl (C=O) groups excluding carboxylic acids is 1. The van der Waals surface area contributed by atoms with Crippen molar-refractivity contribution in [3.8, 4) is 5.75 Å². The summed E-state index contributed by atoms with van der Waals surface area (Å²) in [4.78, 5) is 14.5. The summed E-state index contributed by atoms with van der Waals surface area (Å²) in [6, 6.07) is 3.13. The first-order chi connectivity index (χ1) is 10.3. The maximum atomic E-state index is 12.8. The number of ether oxygens (including phenoxy) is 1. The number of fused-ring (bicyclic) bond motifs is 1. The lowest BCUT2D eigenvalue weighted by atomic mass is 9.82. The molecule has 1 spiro atoms. The van der Waals surface area contributed by atoms with E-state index in [1.165, 1.54) is 6.07 Å². The molecular formula is C16H18F3NO2. The molecule has 2 aliphatic heterocycles. The molecule has 0 bridgehead atoms. The Bertz CT molecular complexity index is 590. The van der Waals surface area contributed by atoms with Gasteiger partial charge in [0.1, 0.15) is 11.4 Å². The molecule has 1 fully saturated rings. The monoisotopic (exact) mass is 313 g/mol. The summed E-state index contributed by atoms with van der Waals surface area (Å²) in [6.45, 7) is 4.60. The lowest BCUT2D eigenvalue weighted by Gasteiger charge is -2.43. The Morgan fingerprint density at radius 3 is 2.55 bits per heavy atom. The summed E-state index contributed by atoms with van der Waals surface area (Å²) in [5.74, 6) is -0.0454. The molecule has 0 radical (unpaired) electrons. The van der Waals surface area contributed by atoms with Crippen molar-refractivity contribution in [3.63, 3.8) is 0 Å². The predicted molar refractivity (Wildman–Crippen MR) is 75.1 cm³/mol. The average molecular weight is 313 g/mol. The zero-order valence-electron chi connectivity index (χ0n) is 12.4. The predicted octanol–water partition coefficient (Wildman–Crippen LogP) is 3.53. The van der Waals surface area contributed by atoms with Gasteiger partial charge in [-0.1, -0.05) is 6.92 Å². The van der Waals surface area contributed by atoms with Crippen LogP contribution in [-0.2, 0) is 6.18 Å². The summed E-state index contributed by atoms with van der Waals surface area (Å²) in [5.41, 5.74) is -1.15. The second-order valence-electron chi connectivity index (χ2n) is 6.03. The van der Waals surface area contributed by atoms with Gasteiger partial charge >= 0.3 is 6.18 Å². The summed E-state index contributed by atoms with van der Waals surface area (Å²) < 4.78 is 44.4. The summed E-state index contributed by atoms with van der Waals surface area (Å²) >= 11 is 0. The van der Waals surface area contributed by atoms with Crippen molar-refractivity contribution < 1.29 is 22.7 Å². The molecule has 0 aliphatic carbocycles. The molecule has 1 aromatic rings. The molecule has 3 rings (SSSR count). The zero-order valence-corrected chi connectivity index (χ0v) is 12.4. The van der Waals surface area contributed by atoms with Gasteiger partial charge in [-0.3, -0.25) is 4.79 Å². The lowest BCUT2D eigenvalue weighted by Crippen LogP contribution is -2.50. The van der Waals surface area contributed by atoms with Gasteiger partial charge in [-0.25, -0.2) is 0 Å². The van der Waals surface area contributed by atoms with E-state index in [0.29, 0.717) is 12.8 Å². The van der Waals surface area contributed by atoms with Crippen LogP contribution in [0.2, 0.25) is 0 Å². The number of likely N-dealkylation sites (tertiary alicyclic amines) is 1. The number of hydrogen-bond donors (Lipinski definition) is 0. The van der Waals surface area contributed by atoms with E-state index in [0.717, 1.165) is 31.8 Å². The van der Waals surface area contributed by atoms with E-state index in [1.807, 2.05) is 0 Å². The number of rotatable bonds is 1. The van der Waals surface area contributed by atoms with Gasteiger partial charge in [0.15, 0.2) is 5.78 Å². The first-order valence-electron chi connectivity index (χ1n) is 7.49. The van der Waals surface area contributed by atoms with E-state index < -0.39 is 17.3 Å². The van der Waals surface area contributed by atoms with E-state index in [2.05, 4.69) is 11.8 Å². The van der Waals surface area contributed by atoms with Gasteiger partial charge in [0.25, 0.3) is 0 Å². The molecule has 0 unspecified atom stereocenters. The molecule has 6 heteroatoms. The van der Waals surface area contributed by atoms with Crippen LogP contribution in [0.5, 0.6) is 5.75 Å². The second-order valence-corrected chi connectivity index (χ2v) is 6.03. The van der Waals surface area contributed by atoms with Gasteiger partial charge in [0, 0.05) is 25.9 Å². The first-order valence-corrected chi connectivity index (χ1v) is 7.49. The van der Waals surface area contributed by atoms with Crippen LogP contribution in [0.4, 0.5) is 13.2 Å². The Morgan fingerprint density at radius 1 is 1.27 bits per heavy atom. The fourth-order valence-electron chi connectivity index (χ4n) is 3.23. The third kappa shape index (κ3) is 2.72. The van der Waals surface area contributed by atoms with Crippen LogP contribution < -0.4 is 4.74 Å². The Balaban J connectivity index is 1.89. The van der Waals surface area contributed by atoms with E-state index in [1.54, 1.807) is 0 Å². The van der Waals surface area contributed by atoms with Gasteiger partial charge in [-0.2, -0.15) is 13.2 Å². The molecule has 0 atom stereocenters. The molecule has 1 aromatic carbocycles. The largest absolute Gasteiger partial charge is 0.486 e. The minimum Gasteiger partial charge on any atom is -0.486 e. The number of ketones is 1.